The predicted molar refractivity (Wildman–Crippen MR) is 115 cm³/mol. The normalized spacial score (nSPS) is 23.0. The molecule has 0 radical (unpaired) electrons. The smallest absolute Gasteiger partial charge is 0.414 e. The first-order valence-electron chi connectivity index (χ1n) is 10.8. The molecule has 0 N–H and O–H groups in total. The van der Waals surface area contributed by atoms with Gasteiger partial charge in [-0.1, -0.05) is 48.5 Å². The average Bonchev–Trinajstić information content (AvgIpc) is 3.08. The summed E-state index contributed by atoms with van der Waals surface area (Å²) in [5.41, 5.74) is 3.36. The van der Waals surface area contributed by atoms with Crippen LogP contribution in [0.1, 0.15) is 31.2 Å². The summed E-state index contributed by atoms with van der Waals surface area (Å²) in [5, 5.41) is 0. The second kappa shape index (κ2) is 8.02. The van der Waals surface area contributed by atoms with E-state index < -0.39 is 5.92 Å². The molecule has 0 bridgehead atoms. The van der Waals surface area contributed by atoms with Crippen LogP contribution in [0.5, 0.6) is 0 Å². The van der Waals surface area contributed by atoms with E-state index in [0.29, 0.717) is 25.1 Å². The zero-order chi connectivity index (χ0) is 21.4. The Bertz CT molecular complexity index is 1050. The van der Waals surface area contributed by atoms with E-state index in [1.54, 1.807) is 17.0 Å². The van der Waals surface area contributed by atoms with E-state index in [9.17, 15) is 14.4 Å². The first kappa shape index (κ1) is 19.5. The Labute approximate surface area is 181 Å². The minimum absolute atomic E-state index is 0.128. The monoisotopic (exact) mass is 416 g/mol. The van der Waals surface area contributed by atoms with Crippen molar-refractivity contribution in [2.75, 3.05) is 11.4 Å². The van der Waals surface area contributed by atoms with Gasteiger partial charge in [0, 0.05) is 12.2 Å². The fourth-order valence-corrected chi connectivity index (χ4v) is 5.04. The molecule has 31 heavy (non-hydrogen) atoms. The summed E-state index contributed by atoms with van der Waals surface area (Å²) in [6.45, 7) is 0.790. The second-order valence-corrected chi connectivity index (χ2v) is 8.24. The van der Waals surface area contributed by atoms with Crippen molar-refractivity contribution in [1.82, 2.24) is 4.90 Å². The molecule has 1 fully saturated rings. The van der Waals surface area contributed by atoms with Crippen LogP contribution in [0.3, 0.4) is 0 Å². The topological polar surface area (TPSA) is 66.9 Å². The molecule has 6 heteroatoms. The first-order valence-corrected chi connectivity index (χ1v) is 10.8. The molecule has 2 aromatic carbocycles. The summed E-state index contributed by atoms with van der Waals surface area (Å²) >= 11 is 0. The Balaban J connectivity index is 1.39. The average molecular weight is 416 g/mol. The fourth-order valence-electron chi connectivity index (χ4n) is 5.04. The highest BCUT2D eigenvalue weighted by Crippen LogP contribution is 2.47. The van der Waals surface area contributed by atoms with Gasteiger partial charge in [-0.05, 0) is 49.0 Å². The van der Waals surface area contributed by atoms with E-state index >= 15 is 0 Å². The highest BCUT2D eigenvalue weighted by atomic mass is 16.6. The number of ether oxygens (including phenoxy) is 1. The third-order valence-corrected chi connectivity index (χ3v) is 6.46. The summed E-state index contributed by atoms with van der Waals surface area (Å²) in [6.07, 6.45) is 2.29. The number of rotatable bonds is 3. The van der Waals surface area contributed by atoms with Gasteiger partial charge in [0.25, 0.3) is 0 Å². The number of anilines is 1. The van der Waals surface area contributed by atoms with Crippen LogP contribution in [0.25, 0.3) is 0 Å². The predicted octanol–water partition coefficient (Wildman–Crippen LogP) is 4.27. The number of hydrogen-bond acceptors (Lipinski definition) is 4. The van der Waals surface area contributed by atoms with Crippen molar-refractivity contribution >= 4 is 23.6 Å². The number of nitrogens with zero attached hydrogens (tertiary/aromatic N) is 2. The summed E-state index contributed by atoms with van der Waals surface area (Å²) in [6, 6.07) is 18.7. The molecule has 0 spiro atoms. The lowest BCUT2D eigenvalue weighted by Gasteiger charge is -2.37. The Hall–Kier alpha value is -3.41. The molecule has 2 atom stereocenters. The Morgan fingerprint density at radius 3 is 2.39 bits per heavy atom. The van der Waals surface area contributed by atoms with Gasteiger partial charge in [0.15, 0.2) is 0 Å². The van der Waals surface area contributed by atoms with Gasteiger partial charge in [-0.3, -0.25) is 14.5 Å². The maximum atomic E-state index is 13.3. The van der Waals surface area contributed by atoms with Crippen molar-refractivity contribution in [2.24, 2.45) is 11.8 Å². The van der Waals surface area contributed by atoms with Gasteiger partial charge >= 0.3 is 6.09 Å². The molecule has 0 aromatic heterocycles. The third kappa shape index (κ3) is 3.42. The molecule has 0 saturated carbocycles. The maximum Gasteiger partial charge on any atom is 0.414 e. The molecule has 5 rings (SSSR count). The fraction of sp³-hybridized carbons (Fsp3) is 0.320. The first-order chi connectivity index (χ1) is 15.1. The molecule has 2 heterocycles. The number of para-hydroxylation sites is 1. The largest absolute Gasteiger partial charge is 0.444 e. The van der Waals surface area contributed by atoms with Gasteiger partial charge in [0.2, 0.25) is 11.8 Å². The van der Waals surface area contributed by atoms with Gasteiger partial charge < -0.3 is 4.74 Å². The second-order valence-electron chi connectivity index (χ2n) is 8.24. The van der Waals surface area contributed by atoms with Crippen LogP contribution in [-0.2, 0) is 20.9 Å². The van der Waals surface area contributed by atoms with Crippen molar-refractivity contribution < 1.29 is 19.1 Å². The molecule has 2 aromatic rings. The van der Waals surface area contributed by atoms with E-state index in [1.807, 2.05) is 48.5 Å². The van der Waals surface area contributed by atoms with Crippen molar-refractivity contribution in [3.8, 4) is 0 Å². The Morgan fingerprint density at radius 2 is 1.65 bits per heavy atom. The van der Waals surface area contributed by atoms with Gasteiger partial charge in [-0.15, -0.1) is 0 Å². The molecule has 1 aliphatic carbocycles. The van der Waals surface area contributed by atoms with E-state index in [1.165, 1.54) is 4.90 Å². The van der Waals surface area contributed by atoms with Gasteiger partial charge in [-0.2, -0.15) is 0 Å². The lowest BCUT2D eigenvalue weighted by Crippen LogP contribution is -2.40. The molecular weight excluding hydrogens is 392 g/mol. The van der Waals surface area contributed by atoms with Crippen LogP contribution in [0, 0.1) is 11.8 Å². The van der Waals surface area contributed by atoms with Crippen LogP contribution in [0.15, 0.2) is 71.9 Å². The minimum Gasteiger partial charge on any atom is -0.444 e. The van der Waals surface area contributed by atoms with Crippen LogP contribution in [0.2, 0.25) is 0 Å². The van der Waals surface area contributed by atoms with Crippen LogP contribution in [0.4, 0.5) is 10.5 Å². The molecule has 1 saturated heterocycles. The molecule has 3 amide bonds. The lowest BCUT2D eigenvalue weighted by molar-refractivity contribution is -0.122. The Kier molecular flexibility index (Phi) is 5.06. The number of hydrogen-bond donors (Lipinski definition) is 0. The standard InChI is InChI=1S/C25H24N2O4/c28-23-20-13-14-21-19(22(20)24(29)27(23)18-10-5-2-6-11-18)12-7-15-26(21)25(30)31-16-17-8-3-1-4-9-17/h1-6,8-11,20,22H,7,12-16H2. The van der Waals surface area contributed by atoms with E-state index in [-0.39, 0.29) is 30.4 Å². The number of allylic oxidation sites excluding steroid dienone is 1. The number of benzene rings is 2. The van der Waals surface area contributed by atoms with Crippen molar-refractivity contribution in [2.45, 2.75) is 32.3 Å². The summed E-state index contributed by atoms with van der Waals surface area (Å²) in [5.74, 6) is -1.11. The molecule has 3 aliphatic rings. The van der Waals surface area contributed by atoms with E-state index in [0.717, 1.165) is 29.7 Å². The van der Waals surface area contributed by atoms with E-state index in [2.05, 4.69) is 0 Å². The maximum absolute atomic E-state index is 13.3. The SMILES string of the molecule is O=C(OCc1ccccc1)N1CCCC2=C1CCC1C(=O)N(c3ccccc3)C(=O)C21. The third-order valence-electron chi connectivity index (χ3n) is 6.46. The zero-order valence-corrected chi connectivity index (χ0v) is 17.2. The number of amides is 3. The molecular formula is C25H24N2O4. The summed E-state index contributed by atoms with van der Waals surface area (Å²) in [7, 11) is 0. The molecule has 2 aliphatic heterocycles. The van der Waals surface area contributed by atoms with Crippen LogP contribution in [-0.4, -0.2) is 29.4 Å². The number of carbonyl (C=O) groups is 3. The van der Waals surface area contributed by atoms with Gasteiger partial charge in [0.05, 0.1) is 17.5 Å². The quantitative estimate of drug-likeness (QED) is 0.701. The zero-order valence-electron chi connectivity index (χ0n) is 17.2. The minimum atomic E-state index is -0.471. The van der Waals surface area contributed by atoms with Gasteiger partial charge in [0.1, 0.15) is 6.61 Å². The number of fused-ring (bicyclic) bond motifs is 2. The van der Waals surface area contributed by atoms with Crippen molar-refractivity contribution in [3.05, 3.63) is 77.5 Å². The molecule has 2 unspecified atom stereocenters. The van der Waals surface area contributed by atoms with Crippen molar-refractivity contribution in [3.63, 3.8) is 0 Å². The van der Waals surface area contributed by atoms with E-state index in [4.69, 9.17) is 4.74 Å². The van der Waals surface area contributed by atoms with Crippen LogP contribution < -0.4 is 4.90 Å². The highest BCUT2D eigenvalue weighted by molar-refractivity contribution is 6.23. The van der Waals surface area contributed by atoms with Crippen molar-refractivity contribution in [1.29, 1.82) is 0 Å². The highest BCUT2D eigenvalue weighted by Gasteiger charge is 2.53. The van der Waals surface area contributed by atoms with Crippen LogP contribution >= 0.6 is 0 Å². The number of carbonyl (C=O) groups excluding carboxylic acids is 3. The Morgan fingerprint density at radius 1 is 0.935 bits per heavy atom. The lowest BCUT2D eigenvalue weighted by atomic mass is 9.75. The summed E-state index contributed by atoms with van der Waals surface area (Å²) in [4.78, 5) is 42.3. The van der Waals surface area contributed by atoms with Gasteiger partial charge in [-0.25, -0.2) is 9.69 Å². The number of imide groups is 1. The summed E-state index contributed by atoms with van der Waals surface area (Å²) < 4.78 is 5.56. The molecule has 6 nitrogen and oxygen atoms in total. The molecule has 158 valence electrons.